The second-order valence-electron chi connectivity index (χ2n) is 18.1. The van der Waals surface area contributed by atoms with Crippen molar-refractivity contribution in [1.82, 2.24) is 16.0 Å². The molecule has 0 aliphatic carbocycles. The highest BCUT2D eigenvalue weighted by Crippen LogP contribution is 2.05. The van der Waals surface area contributed by atoms with Gasteiger partial charge < -0.3 is 136 Å². The Labute approximate surface area is 503 Å². The number of hydrogen-bond acceptors (Lipinski definition) is 23. The highest BCUT2D eigenvalue weighted by molar-refractivity contribution is 5.78. The van der Waals surface area contributed by atoms with E-state index in [2.05, 4.69) is 27.4 Å². The van der Waals surface area contributed by atoms with E-state index in [0.717, 1.165) is 31.4 Å². The van der Waals surface area contributed by atoms with E-state index >= 15 is 0 Å². The van der Waals surface area contributed by atoms with Crippen LogP contribution in [-0.2, 0) is 59.2 Å². The standard InChI is InChI=1S/C9H11NO2.2C6H14N4O2.C6H13NO2.C5H10N2O3.C5H9NO2.C5H11NO2.C3H7NO2.2C2H5NO2/c10-8(9(11)12)6-7-4-2-1-3-5-7;2*7-4(5(11)12)2-1-3-10-6(8)9;1-3-4(2)5(7)6(8)9;6-3(5(9)10)1-2-4(7)8;7-5(8)4-2-1-3-6-4;1-3(2)4(6)5(7)8;1-2(4)3(5)6;2*3-1-2(4)5/h1-5,8H,6,10H2,(H,11,12);2*4H,1-3,7H2,(H,11,12)(H4,8,9,10);4-5H,3,7H2,1-2H3,(H,8,9);3H,1-2,6H2,(H2,7,8)(H,9,10);4,6H,1-3H2,(H,7,8);3-4H,6H2,1-2H3,(H,7,8);2H,4H2,1H3,(H,5,6);2*1,3H2,(H,4,5)/t8-;2*4-;4-,5-;3-;2*4-;2-;;/m00000000../s1. The highest BCUT2D eigenvalue weighted by Gasteiger charge is 2.21. The zero-order valence-electron chi connectivity index (χ0n) is 49.7. The number of nitrogens with two attached hydrogens (primary N) is 12. The van der Waals surface area contributed by atoms with Gasteiger partial charge in [0.15, 0.2) is 11.9 Å². The summed E-state index contributed by atoms with van der Waals surface area (Å²) in [5.41, 5.74) is 61.0. The van der Waals surface area contributed by atoms with Crippen molar-refractivity contribution in [2.45, 2.75) is 147 Å². The molecular weight excluding hydrogens is 1160 g/mol. The fraction of sp³-hybridized carbons (Fsp3) is 0.612. The average Bonchev–Trinajstić information content (AvgIpc) is 4.00. The molecule has 2 rings (SSSR count). The summed E-state index contributed by atoms with van der Waals surface area (Å²) in [6.07, 6.45) is 5.05. The molecule has 0 spiro atoms. The van der Waals surface area contributed by atoms with Crippen molar-refractivity contribution in [3.8, 4) is 0 Å². The van der Waals surface area contributed by atoms with E-state index in [0.29, 0.717) is 45.2 Å². The van der Waals surface area contributed by atoms with Gasteiger partial charge in [0.05, 0.1) is 13.1 Å². The number of carbonyl (C=O) groups excluding carboxylic acids is 1. The monoisotopic (exact) mass is 1260 g/mol. The molecule has 1 aliphatic rings. The molecule has 0 bridgehead atoms. The van der Waals surface area contributed by atoms with Crippen molar-refractivity contribution in [1.29, 1.82) is 10.8 Å². The summed E-state index contributed by atoms with van der Waals surface area (Å²) in [6.45, 7) is 10.00. The molecule has 1 aliphatic heterocycles. The van der Waals surface area contributed by atoms with Gasteiger partial charge in [-0.2, -0.15) is 0 Å². The molecule has 0 radical (unpaired) electrons. The minimum absolute atomic E-state index is 0.0208. The molecule has 1 aromatic rings. The highest BCUT2D eigenvalue weighted by atomic mass is 16.4. The molecule has 1 saturated heterocycles. The van der Waals surface area contributed by atoms with E-state index in [1.165, 1.54) is 6.92 Å². The molecule has 38 heteroatoms. The zero-order chi connectivity index (χ0) is 70.1. The van der Waals surface area contributed by atoms with Crippen LogP contribution in [0.1, 0.15) is 98.0 Å². The van der Waals surface area contributed by atoms with Crippen LogP contribution in [-0.4, -0.2) is 210 Å². The quantitative estimate of drug-likeness (QED) is 0.0234. The number of benzene rings is 1. The van der Waals surface area contributed by atoms with Crippen molar-refractivity contribution in [2.75, 3.05) is 32.7 Å². The van der Waals surface area contributed by atoms with E-state index < -0.39 is 108 Å². The maximum Gasteiger partial charge on any atom is 0.320 e. The first kappa shape index (κ1) is 94.9. The first-order valence-corrected chi connectivity index (χ1v) is 26.1. The Morgan fingerprint density at radius 1 is 0.552 bits per heavy atom. The van der Waals surface area contributed by atoms with Gasteiger partial charge in [-0.05, 0) is 82.2 Å². The topological polar surface area (TPSA) is 786 Å². The van der Waals surface area contributed by atoms with Crippen LogP contribution in [0.25, 0.3) is 0 Å². The Morgan fingerprint density at radius 2 is 0.897 bits per heavy atom. The molecule has 87 heavy (non-hydrogen) atoms. The molecule has 1 heterocycles. The third-order valence-electron chi connectivity index (χ3n) is 9.93. The third kappa shape index (κ3) is 77.5. The Bertz CT molecular complexity index is 2050. The Balaban J connectivity index is -0.000000135. The van der Waals surface area contributed by atoms with Gasteiger partial charge in [0.1, 0.15) is 48.3 Å². The molecular formula is C49H99N17O21. The van der Waals surface area contributed by atoms with Crippen LogP contribution >= 0.6 is 0 Å². The third-order valence-corrected chi connectivity index (χ3v) is 9.93. The van der Waals surface area contributed by atoms with Crippen molar-refractivity contribution < 1.29 is 104 Å². The Hall–Kier alpha value is -8.47. The van der Waals surface area contributed by atoms with Gasteiger partial charge in [-0.25, -0.2) is 0 Å². The van der Waals surface area contributed by atoms with Gasteiger partial charge in [0.25, 0.3) is 0 Å². The molecule has 506 valence electrons. The number of carbonyl (C=O) groups is 11. The molecule has 39 N–H and O–H groups in total. The Kier molecular flexibility index (Phi) is 66.1. The summed E-state index contributed by atoms with van der Waals surface area (Å²) < 4.78 is 0. The summed E-state index contributed by atoms with van der Waals surface area (Å²) in [4.78, 5) is 109. The van der Waals surface area contributed by atoms with Crippen LogP contribution in [0, 0.1) is 22.7 Å². The van der Waals surface area contributed by atoms with Crippen LogP contribution in [0.5, 0.6) is 0 Å². The number of primary amides is 1. The predicted molar refractivity (Wildman–Crippen MR) is 318 cm³/mol. The van der Waals surface area contributed by atoms with E-state index in [1.54, 1.807) is 13.8 Å². The molecule has 0 aromatic heterocycles. The van der Waals surface area contributed by atoms with Crippen LogP contribution in [0.2, 0.25) is 0 Å². The zero-order valence-corrected chi connectivity index (χ0v) is 49.7. The van der Waals surface area contributed by atoms with E-state index in [9.17, 15) is 52.7 Å². The minimum atomic E-state index is -1.11. The van der Waals surface area contributed by atoms with Crippen LogP contribution in [0.3, 0.4) is 0 Å². The number of rotatable bonds is 26. The first-order valence-electron chi connectivity index (χ1n) is 26.1. The molecule has 1 aromatic carbocycles. The predicted octanol–water partition coefficient (Wildman–Crippen LogP) is -5.57. The average molecular weight is 1260 g/mol. The Morgan fingerprint density at radius 3 is 1.09 bits per heavy atom. The van der Waals surface area contributed by atoms with E-state index in [4.69, 9.17) is 119 Å². The molecule has 1 fully saturated rings. The second-order valence-corrected chi connectivity index (χ2v) is 18.1. The summed E-state index contributed by atoms with van der Waals surface area (Å²) in [6, 6.07) is 3.51. The fourth-order valence-electron chi connectivity index (χ4n) is 4.39. The maximum atomic E-state index is 10.4. The van der Waals surface area contributed by atoms with E-state index in [1.807, 2.05) is 44.2 Å². The maximum absolute atomic E-state index is 10.4. The van der Waals surface area contributed by atoms with Crippen molar-refractivity contribution in [3.63, 3.8) is 0 Å². The lowest BCUT2D eigenvalue weighted by molar-refractivity contribution is -0.140. The van der Waals surface area contributed by atoms with Crippen molar-refractivity contribution in [3.05, 3.63) is 35.9 Å². The normalized spacial score (nSPS) is 13.9. The lowest BCUT2D eigenvalue weighted by Crippen LogP contribution is -2.36. The minimum Gasteiger partial charge on any atom is -0.480 e. The van der Waals surface area contributed by atoms with Gasteiger partial charge in [0.2, 0.25) is 5.91 Å². The largest absolute Gasteiger partial charge is 0.480 e. The van der Waals surface area contributed by atoms with E-state index in [-0.39, 0.29) is 55.7 Å². The number of guanidine groups is 2. The van der Waals surface area contributed by atoms with Crippen LogP contribution in [0.15, 0.2) is 30.3 Å². The summed E-state index contributed by atoms with van der Waals surface area (Å²) >= 11 is 0. The SMILES string of the molecule is CC(C)[C@H](N)C(=O)O.CC[C@H](C)[C@H](N)C(=O)O.C[C@H](N)C(=O)O.N=C(N)NCCC[C@H](N)C(=O)O.N=C(N)NCCC[C@H](N)C(=O)O.NC(=O)CC[C@H](N)C(=O)O.NCC(=O)O.NCC(=O)O.N[C@@H](Cc1ccccc1)C(=O)O.O=C(O)[C@@H]1CCCN1. The lowest BCUT2D eigenvalue weighted by Gasteiger charge is -2.11. The van der Waals surface area contributed by atoms with Gasteiger partial charge >= 0.3 is 59.7 Å². The van der Waals surface area contributed by atoms with Crippen LogP contribution in [0.4, 0.5) is 0 Å². The molecule has 0 saturated carbocycles. The number of carboxylic acid groups (broad SMARTS) is 10. The summed E-state index contributed by atoms with van der Waals surface area (Å²) in [5, 5.41) is 103. The number of amides is 1. The molecule has 0 unspecified atom stereocenters. The lowest BCUT2D eigenvalue weighted by atomic mass is 10.0. The van der Waals surface area contributed by atoms with Gasteiger partial charge in [-0.15, -0.1) is 0 Å². The van der Waals surface area contributed by atoms with Gasteiger partial charge in [-0.1, -0.05) is 64.4 Å². The fourth-order valence-corrected chi connectivity index (χ4v) is 4.39. The smallest absolute Gasteiger partial charge is 0.320 e. The van der Waals surface area contributed by atoms with Gasteiger partial charge in [0, 0.05) is 19.5 Å². The second kappa shape index (κ2) is 60.6. The van der Waals surface area contributed by atoms with Crippen molar-refractivity contribution >= 4 is 77.5 Å². The van der Waals surface area contributed by atoms with Gasteiger partial charge in [-0.3, -0.25) is 63.6 Å². The number of aliphatic carboxylic acids is 10. The molecule has 38 nitrogen and oxygen atoms in total. The number of hydrogen-bond donors (Lipinski definition) is 27. The van der Waals surface area contributed by atoms with Crippen LogP contribution < -0.4 is 84.8 Å². The summed E-state index contributed by atoms with van der Waals surface area (Å²) in [5.74, 6) is -10.2. The first-order chi connectivity index (χ1) is 39.9. The molecule has 9 atom stereocenters. The number of carboxylic acids is 10. The van der Waals surface area contributed by atoms with Crippen molar-refractivity contribution in [2.24, 2.45) is 80.6 Å². The molecule has 1 amide bonds. The number of nitrogens with one attached hydrogen (secondary N) is 5. The summed E-state index contributed by atoms with van der Waals surface area (Å²) in [7, 11) is 0.